The van der Waals surface area contributed by atoms with Crippen molar-refractivity contribution < 1.29 is 4.92 Å². The van der Waals surface area contributed by atoms with Gasteiger partial charge in [-0.25, -0.2) is 4.98 Å². The number of aromatic nitrogens is 2. The fourth-order valence-electron chi connectivity index (χ4n) is 1.86. The summed E-state index contributed by atoms with van der Waals surface area (Å²) in [5.74, 6) is 0. The molecule has 0 spiro atoms. The minimum Gasteiger partial charge on any atom is -0.331 e. The van der Waals surface area contributed by atoms with E-state index in [9.17, 15) is 10.1 Å². The van der Waals surface area contributed by atoms with Crippen molar-refractivity contribution in [2.45, 2.75) is 19.9 Å². The third kappa shape index (κ3) is 3.28. The zero-order valence-electron chi connectivity index (χ0n) is 10.7. The molecule has 0 atom stereocenters. The number of hydrogen-bond acceptors (Lipinski definition) is 3. The maximum absolute atomic E-state index is 11.1. The minimum atomic E-state index is -0.333. The average molecular weight is 257 g/mol. The number of nitro groups is 1. The first-order chi connectivity index (χ1) is 9.20. The molecule has 5 heteroatoms. The second-order valence-electron chi connectivity index (χ2n) is 4.16. The first-order valence-electron chi connectivity index (χ1n) is 6.09. The van der Waals surface area contributed by atoms with Crippen LogP contribution in [0.1, 0.15) is 18.2 Å². The van der Waals surface area contributed by atoms with Crippen molar-refractivity contribution >= 4 is 6.08 Å². The largest absolute Gasteiger partial charge is 0.331 e. The average Bonchev–Trinajstić information content (AvgIpc) is 2.86. The Bertz CT molecular complexity index is 588. The van der Waals surface area contributed by atoms with Crippen molar-refractivity contribution in [1.29, 1.82) is 0 Å². The summed E-state index contributed by atoms with van der Waals surface area (Å²) in [7, 11) is 0. The van der Waals surface area contributed by atoms with E-state index in [1.54, 1.807) is 18.6 Å². The highest BCUT2D eigenvalue weighted by Gasteiger charge is 2.13. The highest BCUT2D eigenvalue weighted by molar-refractivity contribution is 5.47. The molecule has 1 heterocycles. The highest BCUT2D eigenvalue weighted by atomic mass is 16.6. The molecule has 1 aromatic heterocycles. The molecule has 19 heavy (non-hydrogen) atoms. The summed E-state index contributed by atoms with van der Waals surface area (Å²) in [5.41, 5.74) is 1.85. The fourth-order valence-corrected chi connectivity index (χ4v) is 1.86. The maximum atomic E-state index is 11.1. The van der Waals surface area contributed by atoms with E-state index in [0.717, 1.165) is 17.8 Å². The summed E-state index contributed by atoms with van der Waals surface area (Å²) in [4.78, 5) is 14.8. The third-order valence-corrected chi connectivity index (χ3v) is 2.86. The number of nitrogens with zero attached hydrogens (tertiary/aromatic N) is 3. The van der Waals surface area contributed by atoms with Crippen LogP contribution in [0.25, 0.3) is 6.08 Å². The molecule has 0 aliphatic rings. The lowest BCUT2D eigenvalue weighted by molar-refractivity contribution is -0.425. The van der Waals surface area contributed by atoms with E-state index < -0.39 is 0 Å². The van der Waals surface area contributed by atoms with E-state index in [1.807, 2.05) is 41.8 Å². The molecule has 0 fully saturated rings. The number of allylic oxidation sites excluding steroid dienone is 1. The van der Waals surface area contributed by atoms with Crippen LogP contribution < -0.4 is 0 Å². The lowest BCUT2D eigenvalue weighted by Crippen LogP contribution is -2.04. The third-order valence-electron chi connectivity index (χ3n) is 2.86. The Morgan fingerprint density at radius 2 is 2.16 bits per heavy atom. The van der Waals surface area contributed by atoms with Gasteiger partial charge in [-0.2, -0.15) is 0 Å². The zero-order valence-corrected chi connectivity index (χ0v) is 10.7. The number of imidazole rings is 1. The number of hydrogen-bond donors (Lipinski definition) is 0. The van der Waals surface area contributed by atoms with E-state index in [4.69, 9.17) is 0 Å². The number of benzene rings is 1. The van der Waals surface area contributed by atoms with Crippen LogP contribution in [0.2, 0.25) is 0 Å². The molecule has 0 saturated heterocycles. The monoisotopic (exact) mass is 257 g/mol. The summed E-state index contributed by atoms with van der Waals surface area (Å²) in [6, 6.07) is 9.42. The van der Waals surface area contributed by atoms with Gasteiger partial charge in [0.25, 0.3) is 5.70 Å². The Balaban J connectivity index is 2.28. The summed E-state index contributed by atoms with van der Waals surface area (Å²) >= 11 is 0. The Hall–Kier alpha value is -2.43. The van der Waals surface area contributed by atoms with E-state index in [0.29, 0.717) is 6.42 Å². The smallest absolute Gasteiger partial charge is 0.252 e. The normalized spacial score (nSPS) is 11.5. The number of rotatable bonds is 5. The van der Waals surface area contributed by atoms with Crippen molar-refractivity contribution in [2.24, 2.45) is 0 Å². The molecule has 0 aliphatic heterocycles. The van der Waals surface area contributed by atoms with Crippen molar-refractivity contribution in [3.63, 3.8) is 0 Å². The van der Waals surface area contributed by atoms with Crippen LogP contribution in [0, 0.1) is 10.1 Å². The first-order valence-corrected chi connectivity index (χ1v) is 6.09. The lowest BCUT2D eigenvalue weighted by Gasteiger charge is -2.02. The quantitative estimate of drug-likeness (QED) is 0.611. The van der Waals surface area contributed by atoms with Gasteiger partial charge < -0.3 is 4.57 Å². The summed E-state index contributed by atoms with van der Waals surface area (Å²) in [6.07, 6.45) is 5.20. The Labute approximate surface area is 111 Å². The molecule has 0 N–H and O–H groups in total. The Morgan fingerprint density at radius 3 is 2.79 bits per heavy atom. The molecule has 0 aliphatic carbocycles. The Kier molecular flexibility index (Phi) is 4.07. The van der Waals surface area contributed by atoms with Gasteiger partial charge in [-0.15, -0.1) is 0 Å². The predicted molar refractivity (Wildman–Crippen MR) is 73.0 cm³/mol. The standard InChI is InChI=1S/C14H15N3O2/c1-2-16-11-15-10-14(16)9-13(17(18)19)8-12-6-4-3-5-7-12/h3-7,9-11H,2,8H2,1H3. The van der Waals surface area contributed by atoms with E-state index in [1.165, 1.54) is 0 Å². The van der Waals surface area contributed by atoms with Gasteiger partial charge in [0.15, 0.2) is 0 Å². The van der Waals surface area contributed by atoms with Gasteiger partial charge in [-0.1, -0.05) is 30.3 Å². The minimum absolute atomic E-state index is 0.168. The van der Waals surface area contributed by atoms with Crippen molar-refractivity contribution in [3.05, 3.63) is 69.9 Å². The molecule has 5 nitrogen and oxygen atoms in total. The van der Waals surface area contributed by atoms with Crippen molar-refractivity contribution in [2.75, 3.05) is 0 Å². The summed E-state index contributed by atoms with van der Waals surface area (Å²) in [6.45, 7) is 2.71. The van der Waals surface area contributed by atoms with E-state index in [2.05, 4.69) is 4.98 Å². The van der Waals surface area contributed by atoms with Crippen molar-refractivity contribution in [3.8, 4) is 0 Å². The highest BCUT2D eigenvalue weighted by Crippen LogP contribution is 2.13. The molecule has 0 bridgehead atoms. The maximum Gasteiger partial charge on any atom is 0.252 e. The molecule has 0 radical (unpaired) electrons. The van der Waals surface area contributed by atoms with Gasteiger partial charge in [0.05, 0.1) is 29.6 Å². The van der Waals surface area contributed by atoms with Crippen LogP contribution in [0.5, 0.6) is 0 Å². The topological polar surface area (TPSA) is 61.0 Å². The van der Waals surface area contributed by atoms with Gasteiger partial charge in [-0.3, -0.25) is 10.1 Å². The predicted octanol–water partition coefficient (Wildman–Crippen LogP) is 2.76. The molecule has 2 rings (SSSR count). The first kappa shape index (κ1) is 13.0. The molecule has 0 unspecified atom stereocenters. The van der Waals surface area contributed by atoms with Crippen LogP contribution in [0.15, 0.2) is 48.6 Å². The van der Waals surface area contributed by atoms with Crippen LogP contribution >= 0.6 is 0 Å². The molecule has 98 valence electrons. The molecular formula is C14H15N3O2. The summed E-state index contributed by atoms with van der Waals surface area (Å²) in [5, 5.41) is 11.1. The second kappa shape index (κ2) is 5.95. The van der Waals surface area contributed by atoms with Gasteiger partial charge in [-0.05, 0) is 12.5 Å². The van der Waals surface area contributed by atoms with E-state index >= 15 is 0 Å². The second-order valence-corrected chi connectivity index (χ2v) is 4.16. The molecule has 0 saturated carbocycles. The molecule has 1 aromatic carbocycles. The van der Waals surface area contributed by atoms with Gasteiger partial charge in [0.1, 0.15) is 0 Å². The van der Waals surface area contributed by atoms with Gasteiger partial charge in [0, 0.05) is 12.6 Å². The Morgan fingerprint density at radius 1 is 1.42 bits per heavy atom. The summed E-state index contributed by atoms with van der Waals surface area (Å²) < 4.78 is 1.87. The van der Waals surface area contributed by atoms with Crippen LogP contribution in [-0.2, 0) is 13.0 Å². The van der Waals surface area contributed by atoms with Crippen LogP contribution in [0.3, 0.4) is 0 Å². The van der Waals surface area contributed by atoms with Gasteiger partial charge >= 0.3 is 0 Å². The van der Waals surface area contributed by atoms with Crippen molar-refractivity contribution in [1.82, 2.24) is 9.55 Å². The van der Waals surface area contributed by atoms with Gasteiger partial charge in [0.2, 0.25) is 0 Å². The van der Waals surface area contributed by atoms with Crippen LogP contribution in [0.4, 0.5) is 0 Å². The SMILES string of the molecule is CCn1cncc1C=C(Cc1ccccc1)[N+](=O)[O-]. The van der Waals surface area contributed by atoms with E-state index in [-0.39, 0.29) is 10.6 Å². The molecule has 0 amide bonds. The molecular weight excluding hydrogens is 242 g/mol. The molecule has 2 aromatic rings. The number of aryl methyl sites for hydroxylation is 1. The zero-order chi connectivity index (χ0) is 13.7. The van der Waals surface area contributed by atoms with Crippen LogP contribution in [-0.4, -0.2) is 14.5 Å². The lowest BCUT2D eigenvalue weighted by atomic mass is 10.1. The fraction of sp³-hybridized carbons (Fsp3) is 0.214.